The first-order chi connectivity index (χ1) is 7.45. The molecule has 1 rings (SSSR count). The fourth-order valence-electron chi connectivity index (χ4n) is 1.88. The van der Waals surface area contributed by atoms with Crippen LogP contribution >= 0.6 is 0 Å². The zero-order chi connectivity index (χ0) is 12.2. The van der Waals surface area contributed by atoms with E-state index in [0.29, 0.717) is 19.6 Å². The van der Waals surface area contributed by atoms with Crippen molar-refractivity contribution in [3.05, 3.63) is 12.7 Å². The van der Waals surface area contributed by atoms with E-state index >= 15 is 0 Å². The molecule has 1 aliphatic rings. The van der Waals surface area contributed by atoms with Crippen molar-refractivity contribution in [1.82, 2.24) is 4.31 Å². The van der Waals surface area contributed by atoms with Crippen LogP contribution in [0.1, 0.15) is 26.2 Å². The molecule has 0 unspecified atom stereocenters. The maximum atomic E-state index is 11.4. The molecule has 1 heterocycles. The maximum absolute atomic E-state index is 11.4. The summed E-state index contributed by atoms with van der Waals surface area (Å²) in [5, 5.41) is 5.20. The van der Waals surface area contributed by atoms with Gasteiger partial charge in [-0.2, -0.15) is 12.7 Å². The Kier molecular flexibility index (Phi) is 4.91. The van der Waals surface area contributed by atoms with Crippen LogP contribution in [0.3, 0.4) is 0 Å². The average molecular weight is 248 g/mol. The molecule has 0 radical (unpaired) electrons. The molecule has 0 aromatic carbocycles. The van der Waals surface area contributed by atoms with E-state index in [1.54, 1.807) is 6.08 Å². The molecule has 2 N–H and O–H groups in total. The van der Waals surface area contributed by atoms with Crippen LogP contribution in [0.2, 0.25) is 0 Å². The van der Waals surface area contributed by atoms with Gasteiger partial charge in [-0.15, -0.1) is 6.58 Å². The highest BCUT2D eigenvalue weighted by Gasteiger charge is 2.28. The second-order valence-corrected chi connectivity index (χ2v) is 5.62. The number of hydrogen-bond acceptors (Lipinski definition) is 3. The molecule has 16 heavy (non-hydrogen) atoms. The van der Waals surface area contributed by atoms with Crippen molar-refractivity contribution in [3.8, 4) is 0 Å². The lowest BCUT2D eigenvalue weighted by Crippen LogP contribution is -2.46. The van der Waals surface area contributed by atoms with Gasteiger partial charge in [-0.25, -0.2) is 5.14 Å². The second-order valence-electron chi connectivity index (χ2n) is 4.12. The van der Waals surface area contributed by atoms with Gasteiger partial charge in [0.2, 0.25) is 0 Å². The van der Waals surface area contributed by atoms with Crippen molar-refractivity contribution in [2.24, 2.45) is 5.14 Å². The molecule has 1 fully saturated rings. The summed E-state index contributed by atoms with van der Waals surface area (Å²) >= 11 is 0. The monoisotopic (exact) mass is 248 g/mol. The number of nitrogens with zero attached hydrogens (tertiary/aromatic N) is 1. The zero-order valence-corrected chi connectivity index (χ0v) is 10.4. The van der Waals surface area contributed by atoms with Gasteiger partial charge < -0.3 is 4.74 Å². The molecule has 0 spiro atoms. The van der Waals surface area contributed by atoms with Crippen LogP contribution in [0, 0.1) is 0 Å². The molecule has 2 atom stereocenters. The summed E-state index contributed by atoms with van der Waals surface area (Å²) < 4.78 is 29.6. The van der Waals surface area contributed by atoms with E-state index < -0.39 is 10.2 Å². The summed E-state index contributed by atoms with van der Waals surface area (Å²) in [5.74, 6) is 0. The van der Waals surface area contributed by atoms with Gasteiger partial charge in [-0.1, -0.05) is 6.08 Å². The molecule has 0 aromatic heterocycles. The maximum Gasteiger partial charge on any atom is 0.277 e. The van der Waals surface area contributed by atoms with Crippen LogP contribution in [-0.4, -0.2) is 38.0 Å². The van der Waals surface area contributed by atoms with Crippen molar-refractivity contribution in [2.45, 2.75) is 38.3 Å². The third kappa shape index (κ3) is 3.86. The highest BCUT2D eigenvalue weighted by molar-refractivity contribution is 7.86. The topological polar surface area (TPSA) is 72.6 Å². The number of nitrogens with two attached hydrogens (primary N) is 1. The fraction of sp³-hybridized carbons (Fsp3) is 0.800. The molecule has 0 bridgehead atoms. The van der Waals surface area contributed by atoms with Gasteiger partial charge in [-0.05, 0) is 26.2 Å². The Morgan fingerprint density at radius 3 is 2.81 bits per heavy atom. The molecule has 0 saturated carbocycles. The molecule has 5 nitrogen and oxygen atoms in total. The van der Waals surface area contributed by atoms with Crippen molar-refractivity contribution in [3.63, 3.8) is 0 Å². The number of rotatable bonds is 6. The first-order valence-electron chi connectivity index (χ1n) is 5.47. The molecule has 0 amide bonds. The van der Waals surface area contributed by atoms with Crippen molar-refractivity contribution in [1.29, 1.82) is 0 Å². The standard InChI is InChI=1S/C10H20N2O3S/c1-3-5-9(2)12(16(11,13)14)8-10-6-4-7-15-10/h3,9-10H,1,4-8H2,2H3,(H2,11,13,14)/t9-,10+/m0/s1. The second kappa shape index (κ2) is 5.77. The van der Waals surface area contributed by atoms with Crippen molar-refractivity contribution in [2.75, 3.05) is 13.2 Å². The molecule has 0 aliphatic carbocycles. The molecular weight excluding hydrogens is 228 g/mol. The third-order valence-electron chi connectivity index (χ3n) is 2.73. The lowest BCUT2D eigenvalue weighted by Gasteiger charge is -2.27. The number of ether oxygens (including phenoxy) is 1. The minimum atomic E-state index is -3.67. The van der Waals surface area contributed by atoms with Gasteiger partial charge in [0, 0.05) is 19.2 Å². The van der Waals surface area contributed by atoms with Crippen LogP contribution in [0.5, 0.6) is 0 Å². The number of hydrogen-bond donors (Lipinski definition) is 1. The minimum Gasteiger partial charge on any atom is -0.377 e. The molecule has 6 heteroatoms. The zero-order valence-electron chi connectivity index (χ0n) is 9.63. The van der Waals surface area contributed by atoms with Crippen LogP contribution in [-0.2, 0) is 14.9 Å². The smallest absolute Gasteiger partial charge is 0.277 e. The lowest BCUT2D eigenvalue weighted by atomic mass is 10.2. The first kappa shape index (κ1) is 13.6. The quantitative estimate of drug-likeness (QED) is 0.701. The molecule has 0 aromatic rings. The van der Waals surface area contributed by atoms with E-state index in [9.17, 15) is 8.42 Å². The minimum absolute atomic E-state index is 0.0226. The normalized spacial score (nSPS) is 23.6. The van der Waals surface area contributed by atoms with E-state index in [2.05, 4.69) is 6.58 Å². The van der Waals surface area contributed by atoms with E-state index in [1.165, 1.54) is 4.31 Å². The van der Waals surface area contributed by atoms with Crippen LogP contribution in [0.25, 0.3) is 0 Å². The Balaban J connectivity index is 2.66. The van der Waals surface area contributed by atoms with Gasteiger partial charge in [0.25, 0.3) is 10.2 Å². The van der Waals surface area contributed by atoms with Crippen LogP contribution < -0.4 is 5.14 Å². The Bertz CT molecular complexity index is 323. The summed E-state index contributed by atoms with van der Waals surface area (Å²) in [5.41, 5.74) is 0. The van der Waals surface area contributed by atoms with Crippen LogP contribution in [0.15, 0.2) is 12.7 Å². The summed E-state index contributed by atoms with van der Waals surface area (Å²) in [6, 6.07) is -0.170. The first-order valence-corrected chi connectivity index (χ1v) is 6.97. The Morgan fingerprint density at radius 2 is 2.38 bits per heavy atom. The van der Waals surface area contributed by atoms with E-state index in [4.69, 9.17) is 9.88 Å². The van der Waals surface area contributed by atoms with E-state index in [1.807, 2.05) is 6.92 Å². The summed E-state index contributed by atoms with van der Waals surface area (Å²) in [7, 11) is -3.67. The summed E-state index contributed by atoms with van der Waals surface area (Å²) in [4.78, 5) is 0. The van der Waals surface area contributed by atoms with E-state index in [-0.39, 0.29) is 12.1 Å². The van der Waals surface area contributed by atoms with Crippen molar-refractivity contribution < 1.29 is 13.2 Å². The summed E-state index contributed by atoms with van der Waals surface area (Å²) in [6.07, 6.45) is 4.14. The summed E-state index contributed by atoms with van der Waals surface area (Å²) in [6.45, 7) is 6.47. The Morgan fingerprint density at radius 1 is 1.69 bits per heavy atom. The van der Waals surface area contributed by atoms with Crippen molar-refractivity contribution >= 4 is 10.2 Å². The predicted octanol–water partition coefficient (Wildman–Crippen LogP) is 0.636. The highest BCUT2D eigenvalue weighted by Crippen LogP contribution is 2.17. The lowest BCUT2D eigenvalue weighted by molar-refractivity contribution is 0.0874. The SMILES string of the molecule is C=CC[C@H](C)N(C[C@H]1CCCO1)S(N)(=O)=O. The highest BCUT2D eigenvalue weighted by atomic mass is 32.2. The predicted molar refractivity (Wildman–Crippen MR) is 63.1 cm³/mol. The third-order valence-corrected chi connectivity index (χ3v) is 3.90. The average Bonchev–Trinajstić information content (AvgIpc) is 2.64. The van der Waals surface area contributed by atoms with Crippen LogP contribution in [0.4, 0.5) is 0 Å². The fourth-order valence-corrected chi connectivity index (χ4v) is 2.84. The largest absolute Gasteiger partial charge is 0.377 e. The van der Waals surface area contributed by atoms with Gasteiger partial charge in [-0.3, -0.25) is 0 Å². The molecule has 1 aliphatic heterocycles. The van der Waals surface area contributed by atoms with E-state index in [0.717, 1.165) is 12.8 Å². The molecule has 94 valence electrons. The van der Waals surface area contributed by atoms with Gasteiger partial charge in [0.1, 0.15) is 0 Å². The molecule has 1 saturated heterocycles. The Hall–Kier alpha value is -0.430. The van der Waals surface area contributed by atoms with Gasteiger partial charge >= 0.3 is 0 Å². The van der Waals surface area contributed by atoms with Gasteiger partial charge in [0.05, 0.1) is 6.10 Å². The molecular formula is C10H20N2O3S. The Labute approximate surface area is 97.4 Å². The van der Waals surface area contributed by atoms with Gasteiger partial charge in [0.15, 0.2) is 0 Å².